The van der Waals surface area contributed by atoms with Crippen LogP contribution < -0.4 is 4.74 Å². The summed E-state index contributed by atoms with van der Waals surface area (Å²) in [6, 6.07) is 3.31. The minimum atomic E-state index is -1.04. The summed E-state index contributed by atoms with van der Waals surface area (Å²) >= 11 is 11.9. The average Bonchev–Trinajstić information content (AvgIpc) is 2.25. The molecule has 1 unspecified atom stereocenters. The van der Waals surface area contributed by atoms with Crippen LogP contribution in [-0.4, -0.2) is 17.7 Å². The standard InChI is InChI=1S/C12H14Cl2O3/c1-3-7(2)9-4-8(13)5-10(14)12(9)17-6-11(15)16/h4-5,7H,3,6H2,1-2H3,(H,15,16). The average molecular weight is 277 g/mol. The highest BCUT2D eigenvalue weighted by Gasteiger charge is 2.16. The summed E-state index contributed by atoms with van der Waals surface area (Å²) in [5.74, 6) is -0.422. The van der Waals surface area contributed by atoms with Crippen LogP contribution >= 0.6 is 23.2 Å². The zero-order valence-electron chi connectivity index (χ0n) is 9.67. The second-order valence-corrected chi connectivity index (χ2v) is 4.64. The van der Waals surface area contributed by atoms with Gasteiger partial charge in [0.2, 0.25) is 0 Å². The highest BCUT2D eigenvalue weighted by Crippen LogP contribution is 2.37. The normalized spacial score (nSPS) is 12.2. The van der Waals surface area contributed by atoms with Crippen molar-refractivity contribution in [2.75, 3.05) is 6.61 Å². The summed E-state index contributed by atoms with van der Waals surface area (Å²) in [7, 11) is 0. The van der Waals surface area contributed by atoms with Crippen LogP contribution in [0, 0.1) is 0 Å². The van der Waals surface area contributed by atoms with Gasteiger partial charge < -0.3 is 9.84 Å². The van der Waals surface area contributed by atoms with Crippen molar-refractivity contribution in [1.82, 2.24) is 0 Å². The Balaban J connectivity index is 3.11. The number of halogens is 2. The number of ether oxygens (including phenoxy) is 1. The van der Waals surface area contributed by atoms with Crippen molar-refractivity contribution in [2.24, 2.45) is 0 Å². The van der Waals surface area contributed by atoms with Crippen LogP contribution in [0.2, 0.25) is 10.0 Å². The van der Waals surface area contributed by atoms with E-state index >= 15 is 0 Å². The number of carboxylic acids is 1. The Morgan fingerprint density at radius 1 is 1.47 bits per heavy atom. The number of benzene rings is 1. The largest absolute Gasteiger partial charge is 0.480 e. The Bertz CT molecular complexity index is 418. The first-order chi connectivity index (χ1) is 7.95. The zero-order chi connectivity index (χ0) is 13.0. The third-order valence-corrected chi connectivity index (χ3v) is 3.02. The summed E-state index contributed by atoms with van der Waals surface area (Å²) in [6.07, 6.45) is 0.889. The molecular weight excluding hydrogens is 263 g/mol. The van der Waals surface area contributed by atoms with E-state index in [1.54, 1.807) is 12.1 Å². The van der Waals surface area contributed by atoms with Gasteiger partial charge in [0.1, 0.15) is 5.75 Å². The monoisotopic (exact) mass is 276 g/mol. The van der Waals surface area contributed by atoms with E-state index in [0.29, 0.717) is 15.8 Å². The summed E-state index contributed by atoms with van der Waals surface area (Å²) in [6.45, 7) is 3.63. The molecule has 0 spiro atoms. The molecule has 3 nitrogen and oxygen atoms in total. The van der Waals surface area contributed by atoms with Crippen LogP contribution in [0.25, 0.3) is 0 Å². The van der Waals surface area contributed by atoms with Gasteiger partial charge in [-0.2, -0.15) is 0 Å². The first-order valence-electron chi connectivity index (χ1n) is 5.29. The van der Waals surface area contributed by atoms with Crippen LogP contribution in [0.3, 0.4) is 0 Å². The van der Waals surface area contributed by atoms with E-state index in [0.717, 1.165) is 12.0 Å². The molecule has 0 amide bonds. The molecule has 0 aliphatic carbocycles. The predicted octanol–water partition coefficient (Wildman–Crippen LogP) is 3.97. The molecule has 0 fully saturated rings. The fraction of sp³-hybridized carbons (Fsp3) is 0.417. The van der Waals surface area contributed by atoms with Crippen molar-refractivity contribution >= 4 is 29.2 Å². The van der Waals surface area contributed by atoms with Crippen molar-refractivity contribution in [2.45, 2.75) is 26.2 Å². The summed E-state index contributed by atoms with van der Waals surface area (Å²) < 4.78 is 5.22. The van der Waals surface area contributed by atoms with E-state index in [1.807, 2.05) is 13.8 Å². The smallest absolute Gasteiger partial charge is 0.341 e. The maximum Gasteiger partial charge on any atom is 0.341 e. The predicted molar refractivity (Wildman–Crippen MR) is 68.3 cm³/mol. The Morgan fingerprint density at radius 3 is 2.65 bits per heavy atom. The van der Waals surface area contributed by atoms with Gasteiger partial charge in [0, 0.05) is 5.02 Å². The van der Waals surface area contributed by atoms with Crippen LogP contribution in [0.15, 0.2) is 12.1 Å². The van der Waals surface area contributed by atoms with E-state index in [4.69, 9.17) is 33.0 Å². The molecule has 0 aliphatic rings. The lowest BCUT2D eigenvalue weighted by Gasteiger charge is -2.16. The third kappa shape index (κ3) is 3.79. The van der Waals surface area contributed by atoms with Crippen LogP contribution in [0.1, 0.15) is 31.7 Å². The summed E-state index contributed by atoms with van der Waals surface area (Å²) in [5.41, 5.74) is 0.839. The van der Waals surface area contributed by atoms with Crippen LogP contribution in [-0.2, 0) is 4.79 Å². The lowest BCUT2D eigenvalue weighted by molar-refractivity contribution is -0.139. The molecule has 1 aromatic rings. The van der Waals surface area contributed by atoms with E-state index in [1.165, 1.54) is 0 Å². The van der Waals surface area contributed by atoms with Crippen molar-refractivity contribution < 1.29 is 14.6 Å². The molecule has 0 aromatic heterocycles. The first-order valence-corrected chi connectivity index (χ1v) is 6.04. The Kier molecular flexibility index (Phi) is 5.09. The zero-order valence-corrected chi connectivity index (χ0v) is 11.2. The SMILES string of the molecule is CCC(C)c1cc(Cl)cc(Cl)c1OCC(=O)O. The van der Waals surface area contributed by atoms with Gasteiger partial charge in [0.15, 0.2) is 6.61 Å². The number of hydrogen-bond acceptors (Lipinski definition) is 2. The molecule has 0 heterocycles. The fourth-order valence-corrected chi connectivity index (χ4v) is 2.02. The number of rotatable bonds is 5. The molecule has 17 heavy (non-hydrogen) atoms. The van der Waals surface area contributed by atoms with Gasteiger partial charge in [-0.05, 0) is 30.0 Å². The molecule has 5 heteroatoms. The molecule has 0 saturated heterocycles. The topological polar surface area (TPSA) is 46.5 Å². The maximum atomic E-state index is 10.5. The van der Waals surface area contributed by atoms with Gasteiger partial charge in [-0.15, -0.1) is 0 Å². The third-order valence-electron chi connectivity index (χ3n) is 2.52. The van der Waals surface area contributed by atoms with E-state index in [9.17, 15) is 4.79 Å². The lowest BCUT2D eigenvalue weighted by atomic mass is 9.98. The highest BCUT2D eigenvalue weighted by atomic mass is 35.5. The van der Waals surface area contributed by atoms with Gasteiger partial charge in [-0.1, -0.05) is 37.0 Å². The molecule has 1 rings (SSSR count). The van der Waals surface area contributed by atoms with Crippen molar-refractivity contribution in [3.63, 3.8) is 0 Å². The Hall–Kier alpha value is -0.930. The Morgan fingerprint density at radius 2 is 2.12 bits per heavy atom. The Labute approximate surface area is 110 Å². The molecule has 1 aromatic carbocycles. The number of aliphatic carboxylic acids is 1. The second kappa shape index (κ2) is 6.12. The minimum Gasteiger partial charge on any atom is -0.480 e. The number of carbonyl (C=O) groups is 1. The molecule has 0 aliphatic heterocycles. The molecule has 1 atom stereocenters. The van der Waals surface area contributed by atoms with E-state index in [2.05, 4.69) is 0 Å². The van der Waals surface area contributed by atoms with Crippen molar-refractivity contribution in [1.29, 1.82) is 0 Å². The van der Waals surface area contributed by atoms with E-state index < -0.39 is 12.6 Å². The van der Waals surface area contributed by atoms with Crippen molar-refractivity contribution in [3.05, 3.63) is 27.7 Å². The van der Waals surface area contributed by atoms with Gasteiger partial charge in [-0.25, -0.2) is 4.79 Å². The number of hydrogen-bond donors (Lipinski definition) is 1. The van der Waals surface area contributed by atoms with Gasteiger partial charge >= 0.3 is 5.97 Å². The first kappa shape index (κ1) is 14.1. The minimum absolute atomic E-state index is 0.204. The second-order valence-electron chi connectivity index (χ2n) is 3.80. The van der Waals surface area contributed by atoms with Crippen molar-refractivity contribution in [3.8, 4) is 5.75 Å². The highest BCUT2D eigenvalue weighted by molar-refractivity contribution is 6.35. The molecule has 0 saturated carbocycles. The van der Waals surface area contributed by atoms with Gasteiger partial charge in [0.25, 0.3) is 0 Å². The lowest BCUT2D eigenvalue weighted by Crippen LogP contribution is -2.11. The summed E-state index contributed by atoms with van der Waals surface area (Å²) in [4.78, 5) is 10.5. The maximum absolute atomic E-state index is 10.5. The van der Waals surface area contributed by atoms with Crippen LogP contribution in [0.4, 0.5) is 0 Å². The molecule has 94 valence electrons. The molecule has 1 N–H and O–H groups in total. The number of carboxylic acid groups (broad SMARTS) is 1. The van der Waals surface area contributed by atoms with Crippen LogP contribution in [0.5, 0.6) is 5.75 Å². The molecule has 0 bridgehead atoms. The van der Waals surface area contributed by atoms with Gasteiger partial charge in [-0.3, -0.25) is 0 Å². The quantitative estimate of drug-likeness (QED) is 0.885. The fourth-order valence-electron chi connectivity index (χ4n) is 1.45. The summed E-state index contributed by atoms with van der Waals surface area (Å²) in [5, 5.41) is 9.48. The molecular formula is C12H14Cl2O3. The molecule has 0 radical (unpaired) electrons. The van der Waals surface area contributed by atoms with Gasteiger partial charge in [0.05, 0.1) is 5.02 Å². The van der Waals surface area contributed by atoms with E-state index in [-0.39, 0.29) is 5.92 Å².